The summed E-state index contributed by atoms with van der Waals surface area (Å²) in [7, 11) is -3.57. The largest absolute Gasteiger partial charge is 0.379 e. The molecule has 6 rings (SSSR count). The van der Waals surface area contributed by atoms with Gasteiger partial charge in [-0.3, -0.25) is 4.90 Å². The molecule has 222 valence electrons. The predicted molar refractivity (Wildman–Crippen MR) is 168 cm³/mol. The summed E-state index contributed by atoms with van der Waals surface area (Å²) in [6.45, 7) is 6.58. The highest BCUT2D eigenvalue weighted by molar-refractivity contribution is 7.89. The van der Waals surface area contributed by atoms with E-state index in [0.717, 1.165) is 99.1 Å². The van der Waals surface area contributed by atoms with Gasteiger partial charge < -0.3 is 15.4 Å². The lowest BCUT2D eigenvalue weighted by atomic mass is 9.82. The lowest BCUT2D eigenvalue weighted by Crippen LogP contribution is -2.39. The van der Waals surface area contributed by atoms with Gasteiger partial charge in [-0.05, 0) is 61.1 Å². The van der Waals surface area contributed by atoms with E-state index in [1.54, 1.807) is 12.1 Å². The number of nitrogens with one attached hydrogen (secondary N) is 3. The van der Waals surface area contributed by atoms with Gasteiger partial charge in [-0.2, -0.15) is 4.98 Å². The molecule has 1 aromatic heterocycles. The molecule has 0 spiro atoms. The van der Waals surface area contributed by atoms with E-state index in [-0.39, 0.29) is 0 Å². The van der Waals surface area contributed by atoms with Crippen LogP contribution in [-0.2, 0) is 14.8 Å². The topological polar surface area (TPSA) is 108 Å². The molecular formula is C32H40N6O3S. The average Bonchev–Trinajstić information content (AvgIpc) is 3.03. The summed E-state index contributed by atoms with van der Waals surface area (Å²) in [5.41, 5.74) is 0.922. The number of nitrogens with zero attached hydrogens (tertiary/aromatic N) is 3. The third-order valence-corrected chi connectivity index (χ3v) is 10.0. The number of sulfonamides is 1. The van der Waals surface area contributed by atoms with Crippen molar-refractivity contribution in [3.8, 4) is 0 Å². The molecule has 1 saturated heterocycles. The average molecular weight is 589 g/mol. The first kappa shape index (κ1) is 28.8. The van der Waals surface area contributed by atoms with Gasteiger partial charge in [-0.1, -0.05) is 48.5 Å². The standard InChI is InChI=1S/C32H40N6O3S/c39-42(40,30-11-5-7-26-6-1-2-8-27(26)30)35-23-25-14-12-24(13-15-25)22-34-32-36-29-10-4-3-9-28(29)31(37-32)33-16-17-38-18-20-41-21-19-38/h1-11,24-25,35H,12-23H2,(H2,33,34,36,37). The molecule has 0 amide bonds. The Hall–Kier alpha value is -3.31. The SMILES string of the molecule is O=S(=O)(NCC1CCC(CNc2nc(NCCN3CCOCC3)c3ccccc3n2)CC1)c1cccc2ccccc12. The zero-order chi connectivity index (χ0) is 28.8. The van der Waals surface area contributed by atoms with E-state index in [0.29, 0.717) is 29.2 Å². The maximum atomic E-state index is 13.1. The molecule has 3 N–H and O–H groups in total. The zero-order valence-corrected chi connectivity index (χ0v) is 24.8. The number of aromatic nitrogens is 2. The first-order valence-corrected chi connectivity index (χ1v) is 16.6. The van der Waals surface area contributed by atoms with Gasteiger partial charge in [-0.25, -0.2) is 18.1 Å². The summed E-state index contributed by atoms with van der Waals surface area (Å²) < 4.78 is 34.6. The second-order valence-electron chi connectivity index (χ2n) is 11.4. The van der Waals surface area contributed by atoms with Gasteiger partial charge in [0.1, 0.15) is 5.82 Å². The highest BCUT2D eigenvalue weighted by Gasteiger charge is 2.24. The van der Waals surface area contributed by atoms with E-state index < -0.39 is 10.0 Å². The van der Waals surface area contributed by atoms with Gasteiger partial charge in [0.15, 0.2) is 0 Å². The van der Waals surface area contributed by atoms with Crippen LogP contribution in [0.25, 0.3) is 21.7 Å². The van der Waals surface area contributed by atoms with Crippen LogP contribution in [0.2, 0.25) is 0 Å². The number of para-hydroxylation sites is 1. The maximum absolute atomic E-state index is 13.1. The Morgan fingerprint density at radius 2 is 1.48 bits per heavy atom. The van der Waals surface area contributed by atoms with Crippen LogP contribution < -0.4 is 15.4 Å². The summed E-state index contributed by atoms with van der Waals surface area (Å²) in [6, 6.07) is 21.2. The third-order valence-electron chi connectivity index (χ3n) is 8.54. The molecule has 10 heteroatoms. The molecule has 0 bridgehead atoms. The fourth-order valence-electron chi connectivity index (χ4n) is 6.06. The quantitative estimate of drug-likeness (QED) is 0.231. The Bertz CT molecular complexity index is 1600. The van der Waals surface area contributed by atoms with E-state index in [4.69, 9.17) is 14.7 Å². The number of benzene rings is 3. The number of morpholine rings is 1. The lowest BCUT2D eigenvalue weighted by molar-refractivity contribution is 0.0398. The van der Waals surface area contributed by atoms with Crippen molar-refractivity contribution in [1.29, 1.82) is 0 Å². The molecule has 9 nitrogen and oxygen atoms in total. The van der Waals surface area contributed by atoms with Gasteiger partial charge in [0, 0.05) is 50.0 Å². The van der Waals surface area contributed by atoms with E-state index in [9.17, 15) is 8.42 Å². The van der Waals surface area contributed by atoms with Gasteiger partial charge in [0.2, 0.25) is 16.0 Å². The van der Waals surface area contributed by atoms with E-state index in [2.05, 4.69) is 26.3 Å². The number of hydrogen-bond acceptors (Lipinski definition) is 8. The van der Waals surface area contributed by atoms with Crippen LogP contribution in [0.5, 0.6) is 0 Å². The van der Waals surface area contributed by atoms with E-state index >= 15 is 0 Å². The summed E-state index contributed by atoms with van der Waals surface area (Å²) in [5.74, 6) is 2.35. The Morgan fingerprint density at radius 3 is 2.29 bits per heavy atom. The molecular weight excluding hydrogens is 548 g/mol. The van der Waals surface area contributed by atoms with Crippen LogP contribution in [0, 0.1) is 11.8 Å². The smallest absolute Gasteiger partial charge is 0.241 e. The third kappa shape index (κ3) is 7.00. The summed E-state index contributed by atoms with van der Waals surface area (Å²) in [4.78, 5) is 12.4. The number of rotatable bonds is 11. The normalized spacial score (nSPS) is 20.1. The van der Waals surface area contributed by atoms with Gasteiger partial charge in [-0.15, -0.1) is 0 Å². The summed E-state index contributed by atoms with van der Waals surface area (Å²) >= 11 is 0. The van der Waals surface area contributed by atoms with Crippen molar-refractivity contribution in [1.82, 2.24) is 19.6 Å². The van der Waals surface area contributed by atoms with Crippen LogP contribution in [0.3, 0.4) is 0 Å². The second-order valence-corrected chi connectivity index (χ2v) is 13.1. The van der Waals surface area contributed by atoms with Crippen molar-refractivity contribution in [2.75, 3.05) is 63.1 Å². The molecule has 42 heavy (non-hydrogen) atoms. The first-order chi connectivity index (χ1) is 20.5. The van der Waals surface area contributed by atoms with Crippen molar-refractivity contribution in [3.63, 3.8) is 0 Å². The monoisotopic (exact) mass is 588 g/mol. The van der Waals surface area contributed by atoms with Crippen molar-refractivity contribution >= 4 is 43.5 Å². The Labute approximate surface area is 248 Å². The molecule has 0 radical (unpaired) electrons. The summed E-state index contributed by atoms with van der Waals surface area (Å²) in [6.07, 6.45) is 4.09. The van der Waals surface area contributed by atoms with Crippen molar-refractivity contribution < 1.29 is 13.2 Å². The van der Waals surface area contributed by atoms with Crippen LogP contribution >= 0.6 is 0 Å². The Morgan fingerprint density at radius 1 is 0.786 bits per heavy atom. The van der Waals surface area contributed by atoms with E-state index in [1.165, 1.54) is 0 Å². The fourth-order valence-corrected chi connectivity index (χ4v) is 7.40. The number of ether oxygens (including phenoxy) is 1. The number of hydrogen-bond donors (Lipinski definition) is 3. The zero-order valence-electron chi connectivity index (χ0n) is 24.0. The van der Waals surface area contributed by atoms with Crippen molar-refractivity contribution in [2.24, 2.45) is 11.8 Å². The van der Waals surface area contributed by atoms with Gasteiger partial charge in [0.25, 0.3) is 0 Å². The van der Waals surface area contributed by atoms with E-state index in [1.807, 2.05) is 48.5 Å². The van der Waals surface area contributed by atoms with Crippen molar-refractivity contribution in [2.45, 2.75) is 30.6 Å². The van der Waals surface area contributed by atoms with Gasteiger partial charge >= 0.3 is 0 Å². The fraction of sp³-hybridized carbons (Fsp3) is 0.438. The first-order valence-electron chi connectivity index (χ1n) is 15.1. The maximum Gasteiger partial charge on any atom is 0.241 e. The molecule has 0 atom stereocenters. The van der Waals surface area contributed by atoms with Crippen LogP contribution in [0.1, 0.15) is 25.7 Å². The molecule has 0 unspecified atom stereocenters. The van der Waals surface area contributed by atoms with Crippen molar-refractivity contribution in [3.05, 3.63) is 66.7 Å². The minimum Gasteiger partial charge on any atom is -0.379 e. The highest BCUT2D eigenvalue weighted by atomic mass is 32.2. The minimum absolute atomic E-state index is 0.338. The molecule has 1 aliphatic carbocycles. The Kier molecular flexibility index (Phi) is 9.14. The Balaban J connectivity index is 1.00. The number of anilines is 2. The van der Waals surface area contributed by atoms with Gasteiger partial charge in [0.05, 0.1) is 23.6 Å². The highest BCUT2D eigenvalue weighted by Crippen LogP contribution is 2.30. The second kappa shape index (κ2) is 13.3. The minimum atomic E-state index is -3.57. The molecule has 2 fully saturated rings. The molecule has 1 saturated carbocycles. The van der Waals surface area contributed by atoms with Crippen LogP contribution in [0.4, 0.5) is 11.8 Å². The summed E-state index contributed by atoms with van der Waals surface area (Å²) in [5, 5.41) is 9.75. The lowest BCUT2D eigenvalue weighted by Gasteiger charge is -2.29. The molecule has 2 aliphatic rings. The molecule has 2 heterocycles. The predicted octanol–water partition coefficient (Wildman–Crippen LogP) is 4.72. The number of fused-ring (bicyclic) bond motifs is 2. The molecule has 3 aromatic carbocycles. The van der Waals surface area contributed by atoms with Crippen LogP contribution in [0.15, 0.2) is 71.6 Å². The molecule has 1 aliphatic heterocycles. The molecule has 4 aromatic rings. The van der Waals surface area contributed by atoms with Crippen LogP contribution in [-0.4, -0.2) is 75.8 Å².